The van der Waals surface area contributed by atoms with Crippen molar-refractivity contribution in [3.05, 3.63) is 58.6 Å². The Morgan fingerprint density at radius 3 is 2.13 bits per heavy atom. The number of oxime groups is 1. The Bertz CT molecular complexity index is 737. The summed E-state index contributed by atoms with van der Waals surface area (Å²) in [5, 5.41) is 20.9. The topological polar surface area (TPSA) is 69.9 Å². The quantitative estimate of drug-likeness (QED) is 0.484. The van der Waals surface area contributed by atoms with Crippen LogP contribution in [0.1, 0.15) is 18.4 Å². The monoisotopic (exact) mass is 339 g/mol. The Labute approximate surface area is 135 Å². The normalized spacial score (nSPS) is 11.5. The molecule has 0 heterocycles. The van der Waals surface area contributed by atoms with Gasteiger partial charge in [0.1, 0.15) is 11.6 Å². The Balaban J connectivity index is 2.40. The van der Waals surface area contributed by atoms with E-state index in [1.54, 1.807) is 0 Å². The van der Waals surface area contributed by atoms with Crippen molar-refractivity contribution >= 4 is 23.3 Å². The molecule has 0 atom stereocenters. The summed E-state index contributed by atoms with van der Waals surface area (Å²) >= 11 is 5.75. The standard InChI is InChI=1S/C16H12ClF2NO3/c17-11-3-1-9(2-4-11)16-12(18)7-10(8-13(16)19)14(20-23)5-6-15(21)22/h1-4,7-8,23H,5-6H2,(H,21,22)/b20-14+. The van der Waals surface area contributed by atoms with Gasteiger partial charge in [-0.3, -0.25) is 4.79 Å². The van der Waals surface area contributed by atoms with E-state index in [-0.39, 0.29) is 29.7 Å². The predicted octanol–water partition coefficient (Wildman–Crippen LogP) is 4.33. The maximum atomic E-state index is 14.3. The summed E-state index contributed by atoms with van der Waals surface area (Å²) in [5.41, 5.74) is -0.0424. The van der Waals surface area contributed by atoms with Crippen LogP contribution in [0.2, 0.25) is 5.02 Å². The molecule has 2 aromatic carbocycles. The second-order valence-corrected chi connectivity index (χ2v) is 5.20. The van der Waals surface area contributed by atoms with Gasteiger partial charge in [-0.2, -0.15) is 0 Å². The van der Waals surface area contributed by atoms with Crippen LogP contribution in [0.15, 0.2) is 41.6 Å². The zero-order chi connectivity index (χ0) is 17.0. The van der Waals surface area contributed by atoms with E-state index >= 15 is 0 Å². The van der Waals surface area contributed by atoms with Gasteiger partial charge in [0, 0.05) is 17.0 Å². The number of rotatable bonds is 5. The second kappa shape index (κ2) is 7.19. The molecular weight excluding hydrogens is 328 g/mol. The summed E-state index contributed by atoms with van der Waals surface area (Å²) in [5.74, 6) is -2.80. The Morgan fingerprint density at radius 1 is 1.09 bits per heavy atom. The largest absolute Gasteiger partial charge is 0.481 e. The zero-order valence-corrected chi connectivity index (χ0v) is 12.5. The Morgan fingerprint density at radius 2 is 1.65 bits per heavy atom. The first-order valence-corrected chi connectivity index (χ1v) is 6.98. The van der Waals surface area contributed by atoms with Gasteiger partial charge in [0.25, 0.3) is 0 Å². The second-order valence-electron chi connectivity index (χ2n) is 4.76. The van der Waals surface area contributed by atoms with Crippen LogP contribution in [0.4, 0.5) is 8.78 Å². The SMILES string of the molecule is O=C(O)CC/C(=N\O)c1cc(F)c(-c2ccc(Cl)cc2)c(F)c1. The van der Waals surface area contributed by atoms with Crippen LogP contribution in [0.25, 0.3) is 11.1 Å². The number of nitrogens with zero attached hydrogens (tertiary/aromatic N) is 1. The first-order chi connectivity index (χ1) is 10.9. The van der Waals surface area contributed by atoms with Crippen molar-refractivity contribution in [1.29, 1.82) is 0 Å². The molecule has 0 amide bonds. The maximum Gasteiger partial charge on any atom is 0.303 e. The molecule has 120 valence electrons. The van der Waals surface area contributed by atoms with E-state index in [2.05, 4.69) is 5.16 Å². The van der Waals surface area contributed by atoms with E-state index < -0.39 is 17.6 Å². The number of benzene rings is 2. The van der Waals surface area contributed by atoms with Gasteiger partial charge in [-0.1, -0.05) is 28.9 Å². The third kappa shape index (κ3) is 4.04. The molecule has 0 unspecified atom stereocenters. The maximum absolute atomic E-state index is 14.3. The van der Waals surface area contributed by atoms with Crippen LogP contribution in [0, 0.1) is 11.6 Å². The minimum Gasteiger partial charge on any atom is -0.481 e. The first-order valence-electron chi connectivity index (χ1n) is 6.60. The number of hydrogen-bond acceptors (Lipinski definition) is 3. The van der Waals surface area contributed by atoms with Crippen molar-refractivity contribution in [3.8, 4) is 11.1 Å². The van der Waals surface area contributed by atoms with Crippen LogP contribution in [-0.2, 0) is 4.79 Å². The number of carboxylic acids is 1. The number of carboxylic acid groups (broad SMARTS) is 1. The molecule has 0 aromatic heterocycles. The molecular formula is C16H12ClF2NO3. The highest BCUT2D eigenvalue weighted by atomic mass is 35.5. The van der Waals surface area contributed by atoms with Crippen molar-refractivity contribution in [1.82, 2.24) is 0 Å². The molecule has 7 heteroatoms. The van der Waals surface area contributed by atoms with Crippen molar-refractivity contribution < 1.29 is 23.9 Å². The van der Waals surface area contributed by atoms with Gasteiger partial charge in [-0.25, -0.2) is 8.78 Å². The number of hydrogen-bond donors (Lipinski definition) is 2. The molecule has 0 radical (unpaired) electrons. The average molecular weight is 340 g/mol. The van der Waals surface area contributed by atoms with E-state index in [0.29, 0.717) is 10.6 Å². The summed E-state index contributed by atoms with van der Waals surface area (Å²) < 4.78 is 28.5. The van der Waals surface area contributed by atoms with Gasteiger partial charge in [-0.15, -0.1) is 0 Å². The van der Waals surface area contributed by atoms with Crippen molar-refractivity contribution in [2.75, 3.05) is 0 Å². The highest BCUT2D eigenvalue weighted by molar-refractivity contribution is 6.30. The molecule has 2 rings (SSSR count). The number of halogens is 3. The van der Waals surface area contributed by atoms with Gasteiger partial charge in [0.05, 0.1) is 17.7 Å². The highest BCUT2D eigenvalue weighted by Crippen LogP contribution is 2.28. The summed E-state index contributed by atoms with van der Waals surface area (Å²) in [6.45, 7) is 0. The number of aliphatic carboxylic acids is 1. The van der Waals surface area contributed by atoms with Gasteiger partial charge >= 0.3 is 5.97 Å². The lowest BCUT2D eigenvalue weighted by Gasteiger charge is -2.09. The molecule has 23 heavy (non-hydrogen) atoms. The molecule has 0 spiro atoms. The molecule has 0 saturated carbocycles. The van der Waals surface area contributed by atoms with Crippen LogP contribution >= 0.6 is 11.6 Å². The fourth-order valence-electron chi connectivity index (χ4n) is 2.11. The molecule has 0 aliphatic carbocycles. The fourth-order valence-corrected chi connectivity index (χ4v) is 2.24. The number of carbonyl (C=O) groups is 1. The van der Waals surface area contributed by atoms with E-state index in [4.69, 9.17) is 21.9 Å². The van der Waals surface area contributed by atoms with Gasteiger partial charge < -0.3 is 10.3 Å². The molecule has 4 nitrogen and oxygen atoms in total. The summed E-state index contributed by atoms with van der Waals surface area (Å²) in [7, 11) is 0. The van der Waals surface area contributed by atoms with Crippen LogP contribution in [0.5, 0.6) is 0 Å². The molecule has 2 aromatic rings. The van der Waals surface area contributed by atoms with E-state index in [1.807, 2.05) is 0 Å². The molecule has 2 N–H and O–H groups in total. The van der Waals surface area contributed by atoms with Crippen molar-refractivity contribution in [3.63, 3.8) is 0 Å². The summed E-state index contributed by atoms with van der Waals surface area (Å²) in [4.78, 5) is 10.6. The minimum atomic E-state index is -1.11. The lowest BCUT2D eigenvalue weighted by molar-refractivity contribution is -0.136. The van der Waals surface area contributed by atoms with E-state index in [9.17, 15) is 13.6 Å². The minimum absolute atomic E-state index is 0.0125. The fraction of sp³-hybridized carbons (Fsp3) is 0.125. The van der Waals surface area contributed by atoms with E-state index in [0.717, 1.165) is 12.1 Å². The molecule has 0 bridgehead atoms. The van der Waals surface area contributed by atoms with Gasteiger partial charge in [0.2, 0.25) is 0 Å². The predicted molar refractivity (Wildman–Crippen MR) is 82.0 cm³/mol. The third-order valence-corrected chi connectivity index (χ3v) is 3.46. The molecule has 0 aliphatic heterocycles. The molecule has 0 saturated heterocycles. The summed E-state index contributed by atoms with van der Waals surface area (Å²) in [6.07, 6.45) is -0.466. The van der Waals surface area contributed by atoms with Crippen LogP contribution < -0.4 is 0 Å². The van der Waals surface area contributed by atoms with Crippen LogP contribution in [0.3, 0.4) is 0 Å². The van der Waals surface area contributed by atoms with Crippen molar-refractivity contribution in [2.45, 2.75) is 12.8 Å². The van der Waals surface area contributed by atoms with E-state index in [1.165, 1.54) is 24.3 Å². The van der Waals surface area contributed by atoms with Gasteiger partial charge in [-0.05, 0) is 29.8 Å². The first kappa shape index (κ1) is 16.9. The average Bonchev–Trinajstić information content (AvgIpc) is 2.49. The van der Waals surface area contributed by atoms with Crippen LogP contribution in [-0.4, -0.2) is 22.0 Å². The zero-order valence-electron chi connectivity index (χ0n) is 11.8. The molecule has 0 fully saturated rings. The Hall–Kier alpha value is -2.47. The third-order valence-electron chi connectivity index (χ3n) is 3.20. The lowest BCUT2D eigenvalue weighted by atomic mass is 9.99. The van der Waals surface area contributed by atoms with Gasteiger partial charge in [0.15, 0.2) is 0 Å². The lowest BCUT2D eigenvalue weighted by Crippen LogP contribution is -2.07. The molecule has 0 aliphatic rings. The van der Waals surface area contributed by atoms with Crippen molar-refractivity contribution in [2.24, 2.45) is 5.16 Å². The highest BCUT2D eigenvalue weighted by Gasteiger charge is 2.16. The Kier molecular flexibility index (Phi) is 5.28. The summed E-state index contributed by atoms with van der Waals surface area (Å²) in [6, 6.07) is 7.99. The smallest absolute Gasteiger partial charge is 0.303 e.